The van der Waals surface area contributed by atoms with E-state index in [-0.39, 0.29) is 42.7 Å². The van der Waals surface area contributed by atoms with Gasteiger partial charge in [-0.1, -0.05) is 161 Å². The van der Waals surface area contributed by atoms with Crippen LogP contribution in [0.2, 0.25) is 0 Å². The van der Waals surface area contributed by atoms with Crippen molar-refractivity contribution in [1.82, 2.24) is 0 Å². The Morgan fingerprint density at radius 2 is 0.943 bits per heavy atom. The number of carbonyl (C=O) groups excluding carboxylic acids is 3. The summed E-state index contributed by atoms with van der Waals surface area (Å²) >= 11 is 0. The minimum atomic E-state index is -1.12. The second-order valence-corrected chi connectivity index (χ2v) is 16.3. The number of carboxylic acids is 1. The number of carboxylic acid groups (broad SMARTS) is 1. The van der Waals surface area contributed by atoms with Gasteiger partial charge in [-0.05, 0) is 38.5 Å². The summed E-state index contributed by atoms with van der Waals surface area (Å²) in [6, 6.07) is -0.721. The molecule has 2 atom stereocenters. The molecular weight excluding hydrogens is 666 g/mol. The van der Waals surface area contributed by atoms with Crippen LogP contribution >= 0.6 is 0 Å². The summed E-state index contributed by atoms with van der Waals surface area (Å²) < 4.78 is 17.2. The molecule has 0 N–H and O–H groups in total. The van der Waals surface area contributed by atoms with Gasteiger partial charge in [0, 0.05) is 19.3 Å². The molecular formula is C45H85NO7. The molecule has 0 rings (SSSR count). The fourth-order valence-electron chi connectivity index (χ4n) is 6.65. The summed E-state index contributed by atoms with van der Waals surface area (Å²) in [6.07, 6.45) is 38.0. The Morgan fingerprint density at radius 1 is 0.547 bits per heavy atom. The molecule has 0 aromatic rings. The summed E-state index contributed by atoms with van der Waals surface area (Å²) in [5.74, 6) is -1.73. The van der Waals surface area contributed by atoms with Gasteiger partial charge in [-0.2, -0.15) is 0 Å². The maximum atomic E-state index is 12.7. The van der Waals surface area contributed by atoms with E-state index in [2.05, 4.69) is 26.0 Å². The van der Waals surface area contributed by atoms with Crippen LogP contribution < -0.4 is 5.11 Å². The fourth-order valence-corrected chi connectivity index (χ4v) is 6.65. The van der Waals surface area contributed by atoms with Crippen molar-refractivity contribution in [2.45, 2.75) is 219 Å². The molecule has 2 unspecified atom stereocenters. The maximum Gasteiger partial charge on any atom is 0.306 e. The number of allylic oxidation sites excluding steroid dienone is 2. The lowest BCUT2D eigenvalue weighted by molar-refractivity contribution is -0.889. The van der Waals surface area contributed by atoms with E-state index in [1.165, 1.54) is 135 Å². The first-order chi connectivity index (χ1) is 25.6. The Kier molecular flexibility index (Phi) is 35.7. The summed E-state index contributed by atoms with van der Waals surface area (Å²) in [4.78, 5) is 36.8. The molecule has 0 saturated carbocycles. The quantitative estimate of drug-likeness (QED) is 0.0266. The SMILES string of the molecule is CCCCCCCCC/C=C\CCCCCCCCCC(=O)OC(COCCC(C(=O)[O-])[N+](C)(C)C)COC(=O)CCCCCCCCCCCCC. The molecule has 0 amide bonds. The number of unbranched alkanes of at least 4 members (excludes halogenated alkanes) is 24. The lowest BCUT2D eigenvalue weighted by Crippen LogP contribution is -2.55. The molecule has 53 heavy (non-hydrogen) atoms. The van der Waals surface area contributed by atoms with Gasteiger partial charge in [0.2, 0.25) is 0 Å². The predicted molar refractivity (Wildman–Crippen MR) is 217 cm³/mol. The lowest BCUT2D eigenvalue weighted by Gasteiger charge is -2.34. The van der Waals surface area contributed by atoms with Crippen LogP contribution in [0.15, 0.2) is 12.2 Å². The van der Waals surface area contributed by atoms with Crippen molar-refractivity contribution in [2.24, 2.45) is 0 Å². The van der Waals surface area contributed by atoms with Crippen molar-refractivity contribution in [1.29, 1.82) is 0 Å². The van der Waals surface area contributed by atoms with Crippen molar-refractivity contribution >= 4 is 17.9 Å². The van der Waals surface area contributed by atoms with Crippen LogP contribution in [-0.2, 0) is 28.6 Å². The van der Waals surface area contributed by atoms with Gasteiger partial charge in [0.1, 0.15) is 12.6 Å². The van der Waals surface area contributed by atoms with Crippen LogP contribution in [0, 0.1) is 0 Å². The molecule has 0 bridgehead atoms. The number of aliphatic carboxylic acids is 1. The highest BCUT2D eigenvalue weighted by Gasteiger charge is 2.25. The fraction of sp³-hybridized carbons (Fsp3) is 0.889. The Bertz CT molecular complexity index is 885. The highest BCUT2D eigenvalue weighted by atomic mass is 16.6. The van der Waals surface area contributed by atoms with Gasteiger partial charge in [-0.15, -0.1) is 0 Å². The minimum Gasteiger partial charge on any atom is -0.544 e. The Labute approximate surface area is 327 Å². The molecule has 0 aliphatic rings. The molecule has 8 nitrogen and oxygen atoms in total. The molecule has 0 fully saturated rings. The summed E-state index contributed by atoms with van der Waals surface area (Å²) in [5.41, 5.74) is 0. The van der Waals surface area contributed by atoms with Crippen LogP contribution in [0.1, 0.15) is 206 Å². The van der Waals surface area contributed by atoms with Gasteiger partial charge in [-0.3, -0.25) is 9.59 Å². The molecule has 0 aromatic heterocycles. The van der Waals surface area contributed by atoms with Crippen molar-refractivity contribution in [3.63, 3.8) is 0 Å². The van der Waals surface area contributed by atoms with E-state index in [9.17, 15) is 19.5 Å². The zero-order chi connectivity index (χ0) is 39.3. The van der Waals surface area contributed by atoms with E-state index < -0.39 is 18.1 Å². The van der Waals surface area contributed by atoms with Gasteiger partial charge in [0.15, 0.2) is 6.10 Å². The number of carbonyl (C=O) groups is 3. The standard InChI is InChI=1S/C45H85NO7/c1-6-8-10-12-14-16-18-19-20-21-22-23-24-26-28-30-32-34-36-44(48)53-41(39-51-38-37-42(45(49)50)46(3,4)5)40-52-43(47)35-33-31-29-27-25-17-15-13-11-9-7-2/h20-21,41-42H,6-19,22-40H2,1-5H3/b21-20-. The number of esters is 2. The first-order valence-electron chi connectivity index (χ1n) is 22.2. The van der Waals surface area contributed by atoms with Crippen LogP contribution in [0.4, 0.5) is 0 Å². The smallest absolute Gasteiger partial charge is 0.306 e. The summed E-state index contributed by atoms with van der Waals surface area (Å²) in [5, 5.41) is 11.6. The Balaban J connectivity index is 4.30. The van der Waals surface area contributed by atoms with Gasteiger partial charge >= 0.3 is 11.9 Å². The topological polar surface area (TPSA) is 102 Å². The Morgan fingerprint density at radius 3 is 1.36 bits per heavy atom. The van der Waals surface area contributed by atoms with E-state index in [1.807, 2.05) is 0 Å². The van der Waals surface area contributed by atoms with Gasteiger partial charge in [0.05, 0.1) is 40.3 Å². The minimum absolute atomic E-state index is 0.0443. The molecule has 8 heteroatoms. The molecule has 0 heterocycles. The Hall–Kier alpha value is -1.93. The van der Waals surface area contributed by atoms with E-state index >= 15 is 0 Å². The first kappa shape index (κ1) is 51.1. The number of likely N-dealkylation sites (N-methyl/N-ethyl adjacent to an activating group) is 1. The van der Waals surface area contributed by atoms with Crippen molar-refractivity contribution < 1.29 is 38.2 Å². The predicted octanol–water partition coefficient (Wildman–Crippen LogP) is 10.6. The molecule has 0 aliphatic carbocycles. The third-order valence-electron chi connectivity index (χ3n) is 10.2. The number of rotatable bonds is 40. The monoisotopic (exact) mass is 752 g/mol. The van der Waals surface area contributed by atoms with E-state index in [1.54, 1.807) is 21.1 Å². The van der Waals surface area contributed by atoms with E-state index in [4.69, 9.17) is 14.2 Å². The second kappa shape index (κ2) is 37.0. The molecule has 0 radical (unpaired) electrons. The van der Waals surface area contributed by atoms with Crippen LogP contribution in [0.3, 0.4) is 0 Å². The first-order valence-corrected chi connectivity index (χ1v) is 22.2. The number of hydrogen-bond acceptors (Lipinski definition) is 7. The summed E-state index contributed by atoms with van der Waals surface area (Å²) in [6.45, 7) is 4.67. The zero-order valence-electron chi connectivity index (χ0n) is 35.4. The van der Waals surface area contributed by atoms with Crippen LogP contribution in [0.5, 0.6) is 0 Å². The third-order valence-corrected chi connectivity index (χ3v) is 10.2. The third kappa shape index (κ3) is 35.5. The zero-order valence-corrected chi connectivity index (χ0v) is 35.4. The van der Waals surface area contributed by atoms with Gasteiger partial charge in [-0.25, -0.2) is 0 Å². The van der Waals surface area contributed by atoms with Gasteiger partial charge in [0.25, 0.3) is 0 Å². The normalized spacial score (nSPS) is 13.0. The maximum absolute atomic E-state index is 12.7. The largest absolute Gasteiger partial charge is 0.544 e. The number of ether oxygens (including phenoxy) is 3. The van der Waals surface area contributed by atoms with Crippen LogP contribution in [-0.4, -0.2) is 75.5 Å². The van der Waals surface area contributed by atoms with Crippen LogP contribution in [0.25, 0.3) is 0 Å². The van der Waals surface area contributed by atoms with Crippen molar-refractivity contribution in [3.05, 3.63) is 12.2 Å². The number of nitrogens with zero attached hydrogens (tertiary/aromatic N) is 1. The number of hydrogen-bond donors (Lipinski definition) is 0. The van der Waals surface area contributed by atoms with E-state index in [0.717, 1.165) is 38.5 Å². The molecule has 0 aromatic carbocycles. The molecule has 312 valence electrons. The van der Waals surface area contributed by atoms with Crippen molar-refractivity contribution in [3.8, 4) is 0 Å². The summed E-state index contributed by atoms with van der Waals surface area (Å²) in [7, 11) is 5.41. The highest BCUT2D eigenvalue weighted by molar-refractivity contribution is 5.70. The molecule has 0 spiro atoms. The van der Waals surface area contributed by atoms with Crippen molar-refractivity contribution in [2.75, 3.05) is 41.0 Å². The molecule has 0 aliphatic heterocycles. The lowest BCUT2D eigenvalue weighted by atomic mass is 10.1. The average Bonchev–Trinajstić information content (AvgIpc) is 3.11. The van der Waals surface area contributed by atoms with E-state index in [0.29, 0.717) is 12.8 Å². The number of quaternary nitrogens is 1. The van der Waals surface area contributed by atoms with Gasteiger partial charge < -0.3 is 28.6 Å². The highest BCUT2D eigenvalue weighted by Crippen LogP contribution is 2.15. The molecule has 0 saturated heterocycles. The second-order valence-electron chi connectivity index (χ2n) is 16.3. The average molecular weight is 752 g/mol.